The van der Waals surface area contributed by atoms with Crippen LogP contribution in [0.3, 0.4) is 0 Å². The van der Waals surface area contributed by atoms with Crippen LogP contribution < -0.4 is 0 Å². The molecule has 0 unspecified atom stereocenters. The second-order valence-corrected chi connectivity index (χ2v) is 12.0. The van der Waals surface area contributed by atoms with E-state index in [1.165, 1.54) is 27.6 Å². The second-order valence-electron chi connectivity index (χ2n) is 12.0. The summed E-state index contributed by atoms with van der Waals surface area (Å²) in [6.07, 6.45) is 0. The van der Waals surface area contributed by atoms with Gasteiger partial charge in [0.25, 0.3) is 0 Å². The van der Waals surface area contributed by atoms with E-state index in [9.17, 15) is 0 Å². The summed E-state index contributed by atoms with van der Waals surface area (Å²) in [6, 6.07) is 61.4. The van der Waals surface area contributed by atoms with E-state index in [1.807, 2.05) is 18.2 Å². The van der Waals surface area contributed by atoms with E-state index in [1.54, 1.807) is 0 Å². The third kappa shape index (κ3) is 4.90. The molecule has 0 aliphatic heterocycles. The van der Waals surface area contributed by atoms with Crippen LogP contribution in [-0.4, -0.2) is 15.0 Å². The summed E-state index contributed by atoms with van der Waals surface area (Å²) in [4.78, 5) is 15.5. The predicted octanol–water partition coefficient (Wildman–Crippen LogP) is 11.7. The van der Waals surface area contributed by atoms with Crippen LogP contribution in [0, 0.1) is 0 Å². The first-order chi connectivity index (χ1) is 23.8. The molecule has 9 rings (SSSR count). The average Bonchev–Trinajstić information content (AvgIpc) is 3.17. The molecule has 0 fully saturated rings. The predicted molar refractivity (Wildman–Crippen MR) is 200 cm³/mol. The van der Waals surface area contributed by atoms with E-state index < -0.39 is 0 Å². The second kappa shape index (κ2) is 11.7. The number of para-hydroxylation sites is 2. The zero-order valence-corrected chi connectivity index (χ0v) is 26.1. The molecule has 0 bridgehead atoms. The fourth-order valence-corrected chi connectivity index (χ4v) is 6.76. The highest BCUT2D eigenvalue weighted by atomic mass is 14.9. The molecular weight excluding hydrogens is 583 g/mol. The fourth-order valence-electron chi connectivity index (χ4n) is 6.76. The molecule has 2 aromatic heterocycles. The first-order valence-corrected chi connectivity index (χ1v) is 16.2. The third-order valence-electron chi connectivity index (χ3n) is 9.07. The van der Waals surface area contributed by atoms with Gasteiger partial charge in [-0.3, -0.25) is 0 Å². The van der Waals surface area contributed by atoms with Gasteiger partial charge in [0.05, 0.1) is 22.4 Å². The minimum absolute atomic E-state index is 0.688. The van der Waals surface area contributed by atoms with Crippen LogP contribution in [-0.2, 0) is 0 Å². The summed E-state index contributed by atoms with van der Waals surface area (Å²) in [7, 11) is 0. The average molecular weight is 612 g/mol. The molecule has 3 heteroatoms. The molecule has 48 heavy (non-hydrogen) atoms. The lowest BCUT2D eigenvalue weighted by molar-refractivity contribution is 1.23. The van der Waals surface area contributed by atoms with Crippen LogP contribution in [0.4, 0.5) is 0 Å². The molecule has 0 atom stereocenters. The van der Waals surface area contributed by atoms with Gasteiger partial charge in [0.15, 0.2) is 5.82 Å². The monoisotopic (exact) mass is 611 g/mol. The number of nitrogens with zero attached hydrogens (tertiary/aromatic N) is 3. The van der Waals surface area contributed by atoms with Crippen molar-refractivity contribution in [3.05, 3.63) is 176 Å². The van der Waals surface area contributed by atoms with Gasteiger partial charge in [-0.15, -0.1) is 0 Å². The highest BCUT2D eigenvalue weighted by Gasteiger charge is 2.16. The van der Waals surface area contributed by atoms with Crippen LogP contribution in [0.25, 0.3) is 88.7 Å². The molecule has 0 radical (unpaired) electrons. The molecule has 7 aromatic carbocycles. The maximum absolute atomic E-state index is 5.25. The van der Waals surface area contributed by atoms with Crippen molar-refractivity contribution in [3.8, 4) is 56.2 Å². The SMILES string of the molecule is c1ccc(-c2ccc(-c3nc(-c4cccc(-c5nc6ccccc6c6c(-c7ccccc7)cccc56)c4)nc4ccccc34)cc2)cc1. The standard InChI is InChI=1S/C45H29N3/c1-3-13-30(14-4-1)31-25-27-33(28-26-31)43-38-20-8-10-24-41(38)47-45(48-43)35-18-11-17-34(29-35)44-39-22-12-21-36(32-15-5-2-6-16-32)42(39)37-19-7-9-23-40(37)46-44/h1-29H. The summed E-state index contributed by atoms with van der Waals surface area (Å²) in [5, 5.41) is 4.50. The van der Waals surface area contributed by atoms with Crippen molar-refractivity contribution in [2.24, 2.45) is 0 Å². The Labute approximate surface area is 278 Å². The van der Waals surface area contributed by atoms with Crippen molar-refractivity contribution in [2.75, 3.05) is 0 Å². The highest BCUT2D eigenvalue weighted by Crippen LogP contribution is 2.39. The molecule has 3 nitrogen and oxygen atoms in total. The van der Waals surface area contributed by atoms with Gasteiger partial charge in [0.1, 0.15) is 0 Å². The lowest BCUT2D eigenvalue weighted by Crippen LogP contribution is -1.96. The number of benzene rings is 7. The molecule has 2 heterocycles. The van der Waals surface area contributed by atoms with Crippen molar-refractivity contribution in [1.82, 2.24) is 15.0 Å². The Morgan fingerprint density at radius 1 is 0.292 bits per heavy atom. The van der Waals surface area contributed by atoms with Crippen LogP contribution in [0.15, 0.2) is 176 Å². The van der Waals surface area contributed by atoms with E-state index in [0.717, 1.165) is 55.3 Å². The van der Waals surface area contributed by atoms with Crippen LogP contribution in [0.2, 0.25) is 0 Å². The molecule has 0 aliphatic carbocycles. The number of rotatable bonds is 5. The molecule has 0 saturated heterocycles. The summed E-state index contributed by atoms with van der Waals surface area (Å²) in [5.74, 6) is 0.688. The Morgan fingerprint density at radius 2 is 0.812 bits per heavy atom. The largest absolute Gasteiger partial charge is 0.247 e. The van der Waals surface area contributed by atoms with Gasteiger partial charge in [0, 0.05) is 38.2 Å². The van der Waals surface area contributed by atoms with Crippen LogP contribution in [0.5, 0.6) is 0 Å². The molecule has 0 spiro atoms. The molecule has 0 saturated carbocycles. The van der Waals surface area contributed by atoms with Crippen molar-refractivity contribution >= 4 is 32.6 Å². The number of hydrogen-bond acceptors (Lipinski definition) is 3. The zero-order chi connectivity index (χ0) is 31.9. The number of hydrogen-bond donors (Lipinski definition) is 0. The van der Waals surface area contributed by atoms with Gasteiger partial charge < -0.3 is 0 Å². The number of aromatic nitrogens is 3. The van der Waals surface area contributed by atoms with Crippen LogP contribution >= 0.6 is 0 Å². The quantitative estimate of drug-likeness (QED) is 0.182. The molecule has 9 aromatic rings. The van der Waals surface area contributed by atoms with Gasteiger partial charge in [-0.1, -0.05) is 158 Å². The Bertz CT molecular complexity index is 2590. The van der Waals surface area contributed by atoms with E-state index in [4.69, 9.17) is 15.0 Å². The van der Waals surface area contributed by atoms with Crippen molar-refractivity contribution in [2.45, 2.75) is 0 Å². The van der Waals surface area contributed by atoms with Crippen molar-refractivity contribution in [1.29, 1.82) is 0 Å². The Kier molecular flexibility index (Phi) is 6.80. The molecule has 0 amide bonds. The minimum atomic E-state index is 0.688. The lowest BCUT2D eigenvalue weighted by Gasteiger charge is -2.15. The molecule has 0 aliphatic rings. The fraction of sp³-hybridized carbons (Fsp3) is 0. The summed E-state index contributed by atoms with van der Waals surface area (Å²) in [5.41, 5.74) is 11.5. The van der Waals surface area contributed by atoms with Gasteiger partial charge in [-0.05, 0) is 40.5 Å². The summed E-state index contributed by atoms with van der Waals surface area (Å²) >= 11 is 0. The minimum Gasteiger partial charge on any atom is -0.247 e. The topological polar surface area (TPSA) is 38.7 Å². The van der Waals surface area contributed by atoms with Crippen LogP contribution in [0.1, 0.15) is 0 Å². The third-order valence-corrected chi connectivity index (χ3v) is 9.07. The Balaban J connectivity index is 1.20. The maximum Gasteiger partial charge on any atom is 0.160 e. The Hall–Kier alpha value is -6.45. The van der Waals surface area contributed by atoms with Gasteiger partial charge >= 0.3 is 0 Å². The Morgan fingerprint density at radius 3 is 1.58 bits per heavy atom. The van der Waals surface area contributed by atoms with E-state index in [2.05, 4.69) is 158 Å². The van der Waals surface area contributed by atoms with Crippen molar-refractivity contribution < 1.29 is 0 Å². The smallest absolute Gasteiger partial charge is 0.160 e. The normalized spacial score (nSPS) is 11.3. The first kappa shape index (κ1) is 27.8. The first-order valence-electron chi connectivity index (χ1n) is 16.2. The number of fused-ring (bicyclic) bond motifs is 4. The molecule has 224 valence electrons. The van der Waals surface area contributed by atoms with E-state index in [0.29, 0.717) is 5.82 Å². The highest BCUT2D eigenvalue weighted by molar-refractivity contribution is 6.17. The summed E-state index contributed by atoms with van der Waals surface area (Å²) in [6.45, 7) is 0. The molecule has 0 N–H and O–H groups in total. The van der Waals surface area contributed by atoms with Gasteiger partial charge in [0.2, 0.25) is 0 Å². The maximum atomic E-state index is 5.25. The van der Waals surface area contributed by atoms with Gasteiger partial charge in [-0.25, -0.2) is 15.0 Å². The molecular formula is C45H29N3. The summed E-state index contributed by atoms with van der Waals surface area (Å²) < 4.78 is 0. The van der Waals surface area contributed by atoms with Crippen molar-refractivity contribution in [3.63, 3.8) is 0 Å². The van der Waals surface area contributed by atoms with Gasteiger partial charge in [-0.2, -0.15) is 0 Å². The van der Waals surface area contributed by atoms with E-state index in [-0.39, 0.29) is 0 Å². The number of pyridine rings is 1. The lowest BCUT2D eigenvalue weighted by atomic mass is 9.92. The van der Waals surface area contributed by atoms with E-state index >= 15 is 0 Å². The zero-order valence-electron chi connectivity index (χ0n) is 26.1.